The summed E-state index contributed by atoms with van der Waals surface area (Å²) in [6.45, 7) is 4.63. The van der Waals surface area contributed by atoms with Crippen molar-refractivity contribution in [3.63, 3.8) is 0 Å². The van der Waals surface area contributed by atoms with Gasteiger partial charge in [0.1, 0.15) is 0 Å². The number of aryl methyl sites for hydroxylation is 1. The average Bonchev–Trinajstić information content (AvgIpc) is 2.29. The molecule has 5 heteroatoms. The number of aromatic amines is 1. The van der Waals surface area contributed by atoms with E-state index in [4.69, 9.17) is 21.1 Å². The minimum Gasteiger partial charge on any atom is -1.00 e. The number of aromatic nitrogens is 1. The molecular formula is C11H15Cl2NO2. The van der Waals surface area contributed by atoms with Crippen LogP contribution in [0.15, 0.2) is 6.20 Å². The first-order chi connectivity index (χ1) is 7.26. The minimum absolute atomic E-state index is 0. The van der Waals surface area contributed by atoms with E-state index < -0.39 is 0 Å². The number of rotatable bonds is 2. The first kappa shape index (κ1) is 13.6. The maximum Gasteiger partial charge on any atom is 0.219 e. The molecule has 1 atom stereocenters. The predicted octanol–water partition coefficient (Wildman–Crippen LogP) is -0.803. The van der Waals surface area contributed by atoms with Gasteiger partial charge >= 0.3 is 0 Å². The average molecular weight is 264 g/mol. The summed E-state index contributed by atoms with van der Waals surface area (Å²) in [6.07, 6.45) is 2.64. The SMILES string of the molecule is CCC1OCc2c(CCl)c[nH+]c(C)c2O1.[Cl-]. The molecule has 0 saturated heterocycles. The van der Waals surface area contributed by atoms with Crippen molar-refractivity contribution in [1.82, 2.24) is 0 Å². The second kappa shape index (κ2) is 5.71. The van der Waals surface area contributed by atoms with E-state index in [1.807, 2.05) is 20.0 Å². The molecule has 1 aliphatic rings. The molecule has 0 aromatic carbocycles. The molecule has 0 saturated carbocycles. The first-order valence-corrected chi connectivity index (χ1v) is 5.67. The van der Waals surface area contributed by atoms with Crippen LogP contribution in [0, 0.1) is 6.92 Å². The summed E-state index contributed by atoms with van der Waals surface area (Å²) in [4.78, 5) is 3.16. The number of hydrogen-bond acceptors (Lipinski definition) is 2. The number of alkyl halides is 1. The van der Waals surface area contributed by atoms with Crippen LogP contribution in [0.2, 0.25) is 0 Å². The molecule has 0 spiro atoms. The Kier molecular flexibility index (Phi) is 4.84. The van der Waals surface area contributed by atoms with Gasteiger partial charge in [0.25, 0.3) is 0 Å². The van der Waals surface area contributed by atoms with Crippen LogP contribution in [0.3, 0.4) is 0 Å². The fourth-order valence-corrected chi connectivity index (χ4v) is 1.94. The quantitative estimate of drug-likeness (QED) is 0.655. The maximum absolute atomic E-state index is 5.86. The zero-order valence-corrected chi connectivity index (χ0v) is 10.9. The highest BCUT2D eigenvalue weighted by Gasteiger charge is 2.26. The molecule has 2 rings (SSSR count). The summed E-state index contributed by atoms with van der Waals surface area (Å²) >= 11 is 5.86. The van der Waals surface area contributed by atoms with Gasteiger partial charge in [-0.05, 0) is 0 Å². The molecular weight excluding hydrogens is 249 g/mol. The van der Waals surface area contributed by atoms with Crippen LogP contribution in [-0.4, -0.2) is 6.29 Å². The van der Waals surface area contributed by atoms with E-state index in [0.29, 0.717) is 12.5 Å². The lowest BCUT2D eigenvalue weighted by molar-refractivity contribution is -0.390. The van der Waals surface area contributed by atoms with Crippen LogP contribution >= 0.6 is 11.6 Å². The van der Waals surface area contributed by atoms with Gasteiger partial charge in [-0.3, -0.25) is 0 Å². The lowest BCUT2D eigenvalue weighted by atomic mass is 10.1. The van der Waals surface area contributed by atoms with Gasteiger partial charge in [0.2, 0.25) is 5.69 Å². The number of halogens is 2. The van der Waals surface area contributed by atoms with Crippen molar-refractivity contribution in [3.05, 3.63) is 23.0 Å². The number of pyridine rings is 1. The van der Waals surface area contributed by atoms with E-state index in [-0.39, 0.29) is 18.7 Å². The van der Waals surface area contributed by atoms with Crippen molar-refractivity contribution in [2.75, 3.05) is 0 Å². The van der Waals surface area contributed by atoms with Crippen LogP contribution in [0.25, 0.3) is 0 Å². The Bertz CT molecular complexity index is 371. The summed E-state index contributed by atoms with van der Waals surface area (Å²) in [5.74, 6) is 1.38. The van der Waals surface area contributed by atoms with E-state index in [2.05, 4.69) is 4.98 Å². The second-order valence-electron chi connectivity index (χ2n) is 3.65. The van der Waals surface area contributed by atoms with Crippen molar-refractivity contribution in [1.29, 1.82) is 0 Å². The zero-order valence-electron chi connectivity index (χ0n) is 9.35. The zero-order chi connectivity index (χ0) is 10.8. The smallest absolute Gasteiger partial charge is 0.219 e. The van der Waals surface area contributed by atoms with Gasteiger partial charge in [-0.1, -0.05) is 6.92 Å². The normalized spacial score (nSPS) is 18.3. The highest BCUT2D eigenvalue weighted by molar-refractivity contribution is 6.17. The Morgan fingerprint density at radius 2 is 2.31 bits per heavy atom. The molecule has 0 aliphatic carbocycles. The van der Waals surface area contributed by atoms with Crippen LogP contribution in [-0.2, 0) is 17.2 Å². The Morgan fingerprint density at radius 1 is 1.56 bits per heavy atom. The van der Waals surface area contributed by atoms with Crippen LogP contribution in [0.5, 0.6) is 5.75 Å². The van der Waals surface area contributed by atoms with Crippen LogP contribution < -0.4 is 22.1 Å². The predicted molar refractivity (Wildman–Crippen MR) is 56.8 cm³/mol. The molecule has 0 amide bonds. The van der Waals surface area contributed by atoms with Gasteiger partial charge in [-0.25, -0.2) is 4.98 Å². The second-order valence-corrected chi connectivity index (χ2v) is 3.91. The minimum atomic E-state index is -0.129. The van der Waals surface area contributed by atoms with E-state index in [1.54, 1.807) is 0 Å². The highest BCUT2D eigenvalue weighted by atomic mass is 35.5. The van der Waals surface area contributed by atoms with Crippen LogP contribution in [0.1, 0.15) is 30.2 Å². The highest BCUT2D eigenvalue weighted by Crippen LogP contribution is 2.31. The number of hydrogen-bond donors (Lipinski definition) is 0. The van der Waals surface area contributed by atoms with Gasteiger partial charge in [-0.15, -0.1) is 11.6 Å². The van der Waals surface area contributed by atoms with Gasteiger partial charge in [0.05, 0.1) is 12.5 Å². The molecule has 1 aromatic rings. The Morgan fingerprint density at radius 3 is 2.94 bits per heavy atom. The molecule has 1 aromatic heterocycles. The third kappa shape index (κ3) is 2.42. The van der Waals surface area contributed by atoms with Crippen molar-refractivity contribution in [2.45, 2.75) is 39.0 Å². The first-order valence-electron chi connectivity index (χ1n) is 5.13. The van der Waals surface area contributed by atoms with Crippen LogP contribution in [0.4, 0.5) is 0 Å². The Hall–Kier alpha value is -0.510. The number of ether oxygens (including phenoxy) is 2. The standard InChI is InChI=1S/C11H14ClNO2.ClH/c1-3-10-14-6-9-8(4-12)5-13-7(2)11(9)15-10;/h5,10H,3-4,6H2,1-2H3;1H. The van der Waals surface area contributed by atoms with Crippen molar-refractivity contribution in [3.8, 4) is 5.75 Å². The van der Waals surface area contributed by atoms with E-state index in [9.17, 15) is 0 Å². The lowest BCUT2D eigenvalue weighted by Gasteiger charge is -2.25. The van der Waals surface area contributed by atoms with Gasteiger partial charge in [0.15, 0.2) is 18.2 Å². The molecule has 1 unspecified atom stereocenters. The molecule has 16 heavy (non-hydrogen) atoms. The molecule has 1 aliphatic heterocycles. The van der Waals surface area contributed by atoms with Gasteiger partial charge < -0.3 is 21.9 Å². The molecule has 3 nitrogen and oxygen atoms in total. The topological polar surface area (TPSA) is 32.6 Å². The molecule has 1 N–H and O–H groups in total. The molecule has 90 valence electrons. The molecule has 0 radical (unpaired) electrons. The third-order valence-corrected chi connectivity index (χ3v) is 2.89. The largest absolute Gasteiger partial charge is 1.00 e. The van der Waals surface area contributed by atoms with Crippen molar-refractivity contribution >= 4 is 11.6 Å². The van der Waals surface area contributed by atoms with E-state index in [1.165, 1.54) is 0 Å². The fraction of sp³-hybridized carbons (Fsp3) is 0.545. The molecule has 0 bridgehead atoms. The van der Waals surface area contributed by atoms with Crippen molar-refractivity contribution < 1.29 is 26.9 Å². The van der Waals surface area contributed by atoms with E-state index in [0.717, 1.165) is 29.0 Å². The van der Waals surface area contributed by atoms with Gasteiger partial charge in [0, 0.05) is 24.5 Å². The summed E-state index contributed by atoms with van der Waals surface area (Å²) in [5, 5.41) is 0. The summed E-state index contributed by atoms with van der Waals surface area (Å²) < 4.78 is 11.3. The number of fused-ring (bicyclic) bond motifs is 1. The third-order valence-electron chi connectivity index (χ3n) is 2.61. The van der Waals surface area contributed by atoms with Crippen molar-refractivity contribution in [2.24, 2.45) is 0 Å². The van der Waals surface area contributed by atoms with Gasteiger partial charge in [-0.2, -0.15) is 0 Å². The molecule has 2 heterocycles. The summed E-state index contributed by atoms with van der Waals surface area (Å²) in [5.41, 5.74) is 3.15. The Labute approximate surface area is 107 Å². The Balaban J connectivity index is 0.00000128. The summed E-state index contributed by atoms with van der Waals surface area (Å²) in [6, 6.07) is 0. The monoisotopic (exact) mass is 263 g/mol. The maximum atomic E-state index is 5.86. The van der Waals surface area contributed by atoms with E-state index >= 15 is 0 Å². The lowest BCUT2D eigenvalue weighted by Crippen LogP contribution is -3.00. The summed E-state index contributed by atoms with van der Waals surface area (Å²) in [7, 11) is 0. The number of H-pyrrole nitrogens is 1. The fourth-order valence-electron chi connectivity index (χ4n) is 1.70. The number of nitrogens with one attached hydrogen (secondary N) is 1. The molecule has 0 fully saturated rings.